The molecule has 116 valence electrons. The van der Waals surface area contributed by atoms with Gasteiger partial charge in [-0.1, -0.05) is 38.0 Å². The van der Waals surface area contributed by atoms with Crippen LogP contribution in [0.15, 0.2) is 18.2 Å². The molecule has 0 bridgehead atoms. The van der Waals surface area contributed by atoms with Crippen LogP contribution in [0.1, 0.15) is 55.7 Å². The van der Waals surface area contributed by atoms with Gasteiger partial charge < -0.3 is 5.32 Å². The number of nitrogens with zero attached hydrogens (tertiary/aromatic N) is 1. The van der Waals surface area contributed by atoms with Crippen molar-refractivity contribution in [1.82, 2.24) is 10.2 Å². The molecule has 1 aromatic carbocycles. The third-order valence-corrected chi connectivity index (χ3v) is 5.27. The van der Waals surface area contributed by atoms with Crippen LogP contribution in [-0.4, -0.2) is 24.5 Å². The summed E-state index contributed by atoms with van der Waals surface area (Å²) in [5.74, 6) is 0.980. The molecule has 1 fully saturated rings. The average Bonchev–Trinajstić information content (AvgIpc) is 2.74. The molecular formula is C19H30N2. The Balaban J connectivity index is 1.64. The van der Waals surface area contributed by atoms with Crippen LogP contribution in [0.25, 0.3) is 0 Å². The van der Waals surface area contributed by atoms with Crippen molar-refractivity contribution in [2.75, 3.05) is 19.6 Å². The molecule has 2 heteroatoms. The number of fused-ring (bicyclic) bond motifs is 1. The zero-order chi connectivity index (χ0) is 14.5. The fraction of sp³-hybridized carbons (Fsp3) is 0.684. The summed E-state index contributed by atoms with van der Waals surface area (Å²) < 4.78 is 0. The Bertz CT molecular complexity index is 455. The second kappa shape index (κ2) is 7.42. The summed E-state index contributed by atoms with van der Waals surface area (Å²) in [4.78, 5) is 2.70. The molecular weight excluding hydrogens is 256 g/mol. The van der Waals surface area contributed by atoms with E-state index in [9.17, 15) is 0 Å². The number of hydrogen-bond donors (Lipinski definition) is 1. The van der Waals surface area contributed by atoms with Gasteiger partial charge in [0.15, 0.2) is 0 Å². The summed E-state index contributed by atoms with van der Waals surface area (Å²) in [7, 11) is 0. The average molecular weight is 286 g/mol. The van der Waals surface area contributed by atoms with E-state index in [0.717, 1.165) is 19.0 Å². The molecule has 1 atom stereocenters. The lowest BCUT2D eigenvalue weighted by Gasteiger charge is -2.25. The minimum absolute atomic E-state index is 0.980. The van der Waals surface area contributed by atoms with Crippen molar-refractivity contribution in [3.63, 3.8) is 0 Å². The van der Waals surface area contributed by atoms with Crippen molar-refractivity contribution < 1.29 is 0 Å². The van der Waals surface area contributed by atoms with Gasteiger partial charge in [-0.3, -0.25) is 4.90 Å². The third kappa shape index (κ3) is 3.87. The van der Waals surface area contributed by atoms with E-state index < -0.39 is 0 Å². The fourth-order valence-corrected chi connectivity index (χ4v) is 4.08. The van der Waals surface area contributed by atoms with Crippen LogP contribution in [0.5, 0.6) is 0 Å². The van der Waals surface area contributed by atoms with Crippen molar-refractivity contribution in [2.45, 2.75) is 58.5 Å². The van der Waals surface area contributed by atoms with Gasteiger partial charge in [0.2, 0.25) is 0 Å². The van der Waals surface area contributed by atoms with Gasteiger partial charge in [0, 0.05) is 13.1 Å². The first-order valence-corrected chi connectivity index (χ1v) is 8.89. The molecule has 1 saturated heterocycles. The van der Waals surface area contributed by atoms with Gasteiger partial charge in [-0.2, -0.15) is 0 Å². The summed E-state index contributed by atoms with van der Waals surface area (Å²) in [6.07, 6.45) is 8.23. The third-order valence-electron chi connectivity index (χ3n) is 5.27. The maximum Gasteiger partial charge on any atom is 0.0236 e. The number of nitrogens with one attached hydrogen (secondary N) is 1. The van der Waals surface area contributed by atoms with Crippen LogP contribution in [0.2, 0.25) is 0 Å². The highest BCUT2D eigenvalue weighted by Crippen LogP contribution is 2.25. The standard InChI is InChI=1S/C19H30N2/c1-2-5-16-6-4-12-21(13-10-16)15-18-8-3-7-17-14-20-11-9-19(17)18/h3,7-8,16,20H,2,4-6,9-15H2,1H3. The lowest BCUT2D eigenvalue weighted by Crippen LogP contribution is -2.28. The van der Waals surface area contributed by atoms with Crippen LogP contribution >= 0.6 is 0 Å². The maximum absolute atomic E-state index is 3.49. The van der Waals surface area contributed by atoms with E-state index >= 15 is 0 Å². The molecule has 1 unspecified atom stereocenters. The van der Waals surface area contributed by atoms with Crippen molar-refractivity contribution >= 4 is 0 Å². The molecule has 0 aliphatic carbocycles. The molecule has 2 aliphatic rings. The summed E-state index contributed by atoms with van der Waals surface area (Å²) in [6, 6.07) is 6.90. The predicted octanol–water partition coefficient (Wildman–Crippen LogP) is 3.73. The monoisotopic (exact) mass is 286 g/mol. The van der Waals surface area contributed by atoms with E-state index in [1.54, 1.807) is 11.1 Å². The van der Waals surface area contributed by atoms with E-state index in [4.69, 9.17) is 0 Å². The second-order valence-corrected chi connectivity index (χ2v) is 6.84. The minimum Gasteiger partial charge on any atom is -0.312 e. The van der Waals surface area contributed by atoms with Crippen molar-refractivity contribution in [2.24, 2.45) is 5.92 Å². The van der Waals surface area contributed by atoms with Crippen LogP contribution < -0.4 is 5.32 Å². The van der Waals surface area contributed by atoms with Gasteiger partial charge in [0.05, 0.1) is 0 Å². The summed E-state index contributed by atoms with van der Waals surface area (Å²) in [6.45, 7) is 8.29. The van der Waals surface area contributed by atoms with Gasteiger partial charge in [-0.25, -0.2) is 0 Å². The van der Waals surface area contributed by atoms with E-state index in [1.165, 1.54) is 63.7 Å². The quantitative estimate of drug-likeness (QED) is 0.907. The molecule has 0 aromatic heterocycles. The number of rotatable bonds is 4. The highest BCUT2D eigenvalue weighted by Gasteiger charge is 2.18. The molecule has 21 heavy (non-hydrogen) atoms. The largest absolute Gasteiger partial charge is 0.312 e. The maximum atomic E-state index is 3.49. The zero-order valence-corrected chi connectivity index (χ0v) is 13.5. The highest BCUT2D eigenvalue weighted by atomic mass is 15.1. The summed E-state index contributed by atoms with van der Waals surface area (Å²) >= 11 is 0. The second-order valence-electron chi connectivity index (χ2n) is 6.84. The topological polar surface area (TPSA) is 15.3 Å². The van der Waals surface area contributed by atoms with Crippen molar-refractivity contribution in [3.8, 4) is 0 Å². The van der Waals surface area contributed by atoms with Crippen molar-refractivity contribution in [1.29, 1.82) is 0 Å². The Hall–Kier alpha value is -0.860. The first kappa shape index (κ1) is 15.1. The van der Waals surface area contributed by atoms with Gasteiger partial charge in [-0.15, -0.1) is 0 Å². The van der Waals surface area contributed by atoms with Gasteiger partial charge in [0.25, 0.3) is 0 Å². The Kier molecular flexibility index (Phi) is 5.32. The van der Waals surface area contributed by atoms with Crippen LogP contribution in [0.3, 0.4) is 0 Å². The van der Waals surface area contributed by atoms with Crippen LogP contribution in [-0.2, 0) is 19.5 Å². The molecule has 2 aliphatic heterocycles. The predicted molar refractivity (Wildman–Crippen MR) is 89.4 cm³/mol. The molecule has 3 rings (SSSR count). The van der Waals surface area contributed by atoms with Crippen LogP contribution in [0.4, 0.5) is 0 Å². The number of benzene rings is 1. The Labute approximate surface area is 129 Å². The van der Waals surface area contributed by atoms with Crippen molar-refractivity contribution in [3.05, 3.63) is 34.9 Å². The van der Waals surface area contributed by atoms with Gasteiger partial charge in [0.1, 0.15) is 0 Å². The molecule has 0 radical (unpaired) electrons. The Morgan fingerprint density at radius 2 is 2.19 bits per heavy atom. The van der Waals surface area contributed by atoms with E-state index in [0.29, 0.717) is 0 Å². The lowest BCUT2D eigenvalue weighted by atomic mass is 9.95. The summed E-state index contributed by atoms with van der Waals surface area (Å²) in [5, 5.41) is 3.49. The first-order chi connectivity index (χ1) is 10.4. The molecule has 1 N–H and O–H groups in total. The zero-order valence-electron chi connectivity index (χ0n) is 13.5. The smallest absolute Gasteiger partial charge is 0.0236 e. The van der Waals surface area contributed by atoms with Gasteiger partial charge in [-0.05, 0) is 67.9 Å². The van der Waals surface area contributed by atoms with E-state index in [1.807, 2.05) is 0 Å². The van der Waals surface area contributed by atoms with E-state index in [-0.39, 0.29) is 0 Å². The fourth-order valence-electron chi connectivity index (χ4n) is 4.08. The minimum atomic E-state index is 0.980. The first-order valence-electron chi connectivity index (χ1n) is 8.89. The SMILES string of the molecule is CCCC1CCCN(Cc2cccc3c2CCNC3)CC1. The molecule has 0 spiro atoms. The summed E-state index contributed by atoms with van der Waals surface area (Å²) in [5.41, 5.74) is 4.74. The molecule has 2 heterocycles. The Morgan fingerprint density at radius 1 is 1.24 bits per heavy atom. The molecule has 0 saturated carbocycles. The van der Waals surface area contributed by atoms with E-state index in [2.05, 4.69) is 35.3 Å². The number of hydrogen-bond acceptors (Lipinski definition) is 2. The van der Waals surface area contributed by atoms with Gasteiger partial charge >= 0.3 is 0 Å². The van der Waals surface area contributed by atoms with Crippen LogP contribution in [0, 0.1) is 5.92 Å². The lowest BCUT2D eigenvalue weighted by molar-refractivity contribution is 0.270. The highest BCUT2D eigenvalue weighted by molar-refractivity contribution is 5.37. The number of likely N-dealkylation sites (tertiary alicyclic amines) is 1. The molecule has 1 aromatic rings. The Morgan fingerprint density at radius 3 is 3.10 bits per heavy atom. The molecule has 0 amide bonds. The molecule has 2 nitrogen and oxygen atoms in total. The normalized spacial score (nSPS) is 23.6.